The van der Waals surface area contributed by atoms with Crippen LogP contribution in [0.5, 0.6) is 0 Å². The number of H-pyrrole nitrogens is 1. The molecule has 1 amide bonds. The minimum atomic E-state index is -0.535. The van der Waals surface area contributed by atoms with Crippen molar-refractivity contribution in [1.29, 1.82) is 0 Å². The third kappa shape index (κ3) is 4.68. The summed E-state index contributed by atoms with van der Waals surface area (Å²) in [6.07, 6.45) is 0. The first-order valence-electron chi connectivity index (χ1n) is 9.24. The van der Waals surface area contributed by atoms with Crippen LogP contribution >= 0.6 is 23.1 Å². The Kier molecular flexibility index (Phi) is 6.15. The lowest BCUT2D eigenvalue weighted by Crippen LogP contribution is -2.17. The first kappa shape index (κ1) is 20.8. The highest BCUT2D eigenvalue weighted by molar-refractivity contribution is 7.99. The van der Waals surface area contributed by atoms with Gasteiger partial charge < -0.3 is 15.0 Å². The summed E-state index contributed by atoms with van der Waals surface area (Å²) >= 11 is 2.54. The first-order valence-corrected chi connectivity index (χ1v) is 11.0. The summed E-state index contributed by atoms with van der Waals surface area (Å²) in [5.74, 6) is -0.854. The number of hydrogen-bond acceptors (Lipinski definition) is 7. The molecular weight excluding hydrogens is 434 g/mol. The Labute approximate surface area is 185 Å². The number of para-hydroxylation sites is 1. The molecule has 0 unspecified atom stereocenters. The average molecular weight is 452 g/mol. The van der Waals surface area contributed by atoms with E-state index in [1.54, 1.807) is 24.3 Å². The Hall–Kier alpha value is -3.43. The van der Waals surface area contributed by atoms with Crippen LogP contribution in [0.25, 0.3) is 20.7 Å². The van der Waals surface area contributed by atoms with Crippen molar-refractivity contribution < 1.29 is 14.3 Å². The Morgan fingerprint density at radius 3 is 2.65 bits per heavy atom. The predicted molar refractivity (Wildman–Crippen MR) is 123 cm³/mol. The highest BCUT2D eigenvalue weighted by Crippen LogP contribution is 2.31. The van der Waals surface area contributed by atoms with Crippen LogP contribution in [0.15, 0.2) is 70.6 Å². The lowest BCUT2D eigenvalue weighted by molar-refractivity contribution is -0.113. The number of benzene rings is 2. The number of fused-ring (bicyclic) bond motifs is 1. The van der Waals surface area contributed by atoms with Crippen LogP contribution in [0.2, 0.25) is 0 Å². The van der Waals surface area contributed by atoms with E-state index in [0.717, 1.165) is 22.2 Å². The summed E-state index contributed by atoms with van der Waals surface area (Å²) < 4.78 is 4.73. The predicted octanol–water partition coefficient (Wildman–Crippen LogP) is 4.17. The van der Waals surface area contributed by atoms with Crippen LogP contribution < -0.4 is 10.9 Å². The molecule has 2 N–H and O–H groups in total. The summed E-state index contributed by atoms with van der Waals surface area (Å²) in [7, 11) is 1.28. The molecular formula is C22H17N3O4S2. The van der Waals surface area contributed by atoms with E-state index in [1.165, 1.54) is 18.4 Å². The second kappa shape index (κ2) is 9.15. The van der Waals surface area contributed by atoms with E-state index in [4.69, 9.17) is 4.74 Å². The Balaban J connectivity index is 1.49. The number of methoxy groups -OCH3 is 1. The average Bonchev–Trinajstić information content (AvgIpc) is 3.23. The van der Waals surface area contributed by atoms with Crippen LogP contribution in [-0.2, 0) is 9.53 Å². The van der Waals surface area contributed by atoms with Crippen LogP contribution in [0.1, 0.15) is 10.4 Å². The minimum Gasteiger partial charge on any atom is -0.465 e. The van der Waals surface area contributed by atoms with Gasteiger partial charge in [0.05, 0.1) is 29.5 Å². The van der Waals surface area contributed by atoms with Crippen molar-refractivity contribution in [2.45, 2.75) is 5.16 Å². The van der Waals surface area contributed by atoms with E-state index >= 15 is 0 Å². The van der Waals surface area contributed by atoms with Crippen LogP contribution in [0, 0.1) is 0 Å². The summed E-state index contributed by atoms with van der Waals surface area (Å²) in [6.45, 7) is 0. The summed E-state index contributed by atoms with van der Waals surface area (Å²) in [6, 6.07) is 18.2. The van der Waals surface area contributed by atoms with Gasteiger partial charge in [0.2, 0.25) is 5.91 Å². The maximum absolute atomic E-state index is 12.5. The van der Waals surface area contributed by atoms with E-state index in [0.29, 0.717) is 21.1 Å². The van der Waals surface area contributed by atoms with Crippen molar-refractivity contribution in [3.63, 3.8) is 0 Å². The minimum absolute atomic E-state index is 0.0148. The molecule has 0 aliphatic rings. The zero-order valence-electron chi connectivity index (χ0n) is 16.4. The summed E-state index contributed by atoms with van der Waals surface area (Å²) in [5.41, 5.74) is 1.40. The Morgan fingerprint density at radius 1 is 1.13 bits per heavy atom. The van der Waals surface area contributed by atoms with Gasteiger partial charge in [0.15, 0.2) is 5.16 Å². The van der Waals surface area contributed by atoms with Crippen molar-refractivity contribution >= 4 is 50.9 Å². The summed E-state index contributed by atoms with van der Waals surface area (Å²) in [5, 5.41) is 3.57. The number of carbonyl (C=O) groups is 2. The molecule has 0 bridgehead atoms. The van der Waals surface area contributed by atoms with E-state index in [-0.39, 0.29) is 22.8 Å². The van der Waals surface area contributed by atoms with Gasteiger partial charge in [-0.2, -0.15) is 0 Å². The van der Waals surface area contributed by atoms with Crippen molar-refractivity contribution in [2.24, 2.45) is 0 Å². The molecule has 0 aliphatic heterocycles. The van der Waals surface area contributed by atoms with Gasteiger partial charge >= 0.3 is 5.97 Å². The van der Waals surface area contributed by atoms with E-state index in [2.05, 4.69) is 15.3 Å². The normalized spacial score (nSPS) is 10.7. The third-order valence-electron chi connectivity index (χ3n) is 4.39. The van der Waals surface area contributed by atoms with Gasteiger partial charge in [0.25, 0.3) is 5.56 Å². The van der Waals surface area contributed by atoms with E-state index < -0.39 is 5.97 Å². The highest BCUT2D eigenvalue weighted by Gasteiger charge is 2.15. The van der Waals surface area contributed by atoms with Crippen LogP contribution in [0.3, 0.4) is 0 Å². The number of thioether (sulfide) groups is 1. The van der Waals surface area contributed by atoms with Crippen molar-refractivity contribution in [1.82, 2.24) is 9.97 Å². The van der Waals surface area contributed by atoms with Gasteiger partial charge in [-0.1, -0.05) is 54.2 Å². The molecule has 156 valence electrons. The monoisotopic (exact) mass is 451 g/mol. The molecule has 0 aliphatic carbocycles. The van der Waals surface area contributed by atoms with Gasteiger partial charge in [0, 0.05) is 4.88 Å². The number of thiophene rings is 1. The second-order valence-corrected chi connectivity index (χ2v) is 8.44. The molecule has 0 spiro atoms. The fraction of sp³-hybridized carbons (Fsp3) is 0.0909. The number of esters is 1. The van der Waals surface area contributed by atoms with Crippen LogP contribution in [-0.4, -0.2) is 34.7 Å². The fourth-order valence-electron chi connectivity index (χ4n) is 2.93. The maximum Gasteiger partial charge on any atom is 0.339 e. The first-order chi connectivity index (χ1) is 15.0. The van der Waals surface area contributed by atoms with E-state index in [1.807, 2.05) is 36.4 Å². The van der Waals surface area contributed by atoms with Crippen molar-refractivity contribution in [3.8, 4) is 10.4 Å². The molecule has 31 heavy (non-hydrogen) atoms. The number of hydrogen-bond donors (Lipinski definition) is 2. The van der Waals surface area contributed by atoms with Gasteiger partial charge in [-0.25, -0.2) is 9.78 Å². The largest absolute Gasteiger partial charge is 0.465 e. The SMILES string of the molecule is COC(=O)c1ccccc1NC(=O)CSc1nc2sc(-c3ccccc3)cc2c(=O)[nH]1. The standard InChI is InChI=1S/C22H17N3O4S2/c1-29-21(28)14-9-5-6-10-16(14)23-18(26)12-30-22-24-19(27)15-11-17(31-20(15)25-22)13-7-3-2-4-8-13/h2-11H,12H2,1H3,(H,23,26)(H,24,25,27). The van der Waals surface area contributed by atoms with Gasteiger partial charge in [-0.3, -0.25) is 9.59 Å². The summed E-state index contributed by atoms with van der Waals surface area (Å²) in [4.78, 5) is 45.5. The molecule has 2 heterocycles. The lowest BCUT2D eigenvalue weighted by Gasteiger charge is -2.09. The van der Waals surface area contributed by atoms with E-state index in [9.17, 15) is 14.4 Å². The molecule has 4 aromatic rings. The highest BCUT2D eigenvalue weighted by atomic mass is 32.2. The van der Waals surface area contributed by atoms with Gasteiger partial charge in [-0.15, -0.1) is 11.3 Å². The van der Waals surface area contributed by atoms with Gasteiger partial charge in [-0.05, 0) is 23.8 Å². The molecule has 9 heteroatoms. The maximum atomic E-state index is 12.5. The lowest BCUT2D eigenvalue weighted by atomic mass is 10.2. The zero-order valence-corrected chi connectivity index (χ0v) is 18.0. The molecule has 0 fully saturated rings. The number of ether oxygens (including phenoxy) is 1. The molecule has 4 rings (SSSR count). The number of aromatic amines is 1. The zero-order chi connectivity index (χ0) is 21.8. The quantitative estimate of drug-likeness (QED) is 0.259. The molecule has 2 aromatic carbocycles. The van der Waals surface area contributed by atoms with Crippen molar-refractivity contribution in [3.05, 3.63) is 76.6 Å². The number of carbonyl (C=O) groups excluding carboxylic acids is 2. The smallest absolute Gasteiger partial charge is 0.339 e. The molecule has 0 atom stereocenters. The number of anilines is 1. The van der Waals surface area contributed by atoms with Crippen molar-refractivity contribution in [2.75, 3.05) is 18.2 Å². The Bertz CT molecular complexity index is 1320. The molecule has 2 aromatic heterocycles. The topological polar surface area (TPSA) is 101 Å². The second-order valence-electron chi connectivity index (χ2n) is 6.44. The number of amides is 1. The molecule has 0 saturated carbocycles. The Morgan fingerprint density at radius 2 is 1.87 bits per heavy atom. The number of aromatic nitrogens is 2. The number of nitrogens with one attached hydrogen (secondary N) is 2. The number of rotatable bonds is 6. The molecule has 7 nitrogen and oxygen atoms in total. The number of nitrogens with zero attached hydrogens (tertiary/aromatic N) is 1. The van der Waals surface area contributed by atoms with Gasteiger partial charge in [0.1, 0.15) is 4.83 Å². The fourth-order valence-corrected chi connectivity index (χ4v) is 4.68. The molecule has 0 saturated heterocycles. The molecule has 0 radical (unpaired) electrons. The van der Waals surface area contributed by atoms with Crippen LogP contribution in [0.4, 0.5) is 5.69 Å². The third-order valence-corrected chi connectivity index (χ3v) is 6.34.